The monoisotopic (exact) mass is 321 g/mol. The van der Waals surface area contributed by atoms with Crippen LogP contribution in [-0.4, -0.2) is 62.9 Å². The van der Waals surface area contributed by atoms with Gasteiger partial charge in [0.25, 0.3) is 0 Å². The molecule has 23 heavy (non-hydrogen) atoms. The maximum Gasteiger partial charge on any atom is 0.335 e. The van der Waals surface area contributed by atoms with E-state index in [-0.39, 0.29) is 12.5 Å². The van der Waals surface area contributed by atoms with E-state index >= 15 is 0 Å². The van der Waals surface area contributed by atoms with Crippen LogP contribution in [0.5, 0.6) is 0 Å². The van der Waals surface area contributed by atoms with Crippen molar-refractivity contribution in [3.8, 4) is 0 Å². The molecule has 1 aliphatic rings. The zero-order valence-corrected chi connectivity index (χ0v) is 13.4. The summed E-state index contributed by atoms with van der Waals surface area (Å²) in [5.41, 5.74) is 1.12. The molecule has 0 unspecified atom stereocenters. The van der Waals surface area contributed by atoms with Crippen LogP contribution >= 0.6 is 0 Å². The van der Waals surface area contributed by atoms with Gasteiger partial charge in [0.1, 0.15) is 6.61 Å². The molecule has 126 valence electrons. The highest BCUT2D eigenvalue weighted by atomic mass is 16.6. The molecule has 0 N–H and O–H groups in total. The zero-order valence-electron chi connectivity index (χ0n) is 13.4. The summed E-state index contributed by atoms with van der Waals surface area (Å²) >= 11 is 0. The van der Waals surface area contributed by atoms with Gasteiger partial charge in [0.2, 0.25) is 5.91 Å². The van der Waals surface area contributed by atoms with Gasteiger partial charge in [-0.2, -0.15) is 0 Å². The van der Waals surface area contributed by atoms with E-state index in [4.69, 9.17) is 14.2 Å². The van der Waals surface area contributed by atoms with Crippen LogP contribution in [0.25, 0.3) is 0 Å². The van der Waals surface area contributed by atoms with E-state index in [1.165, 1.54) is 7.11 Å². The van der Waals surface area contributed by atoms with Gasteiger partial charge >= 0.3 is 5.97 Å². The molecule has 0 radical (unpaired) electrons. The number of hydrogen-bond donors (Lipinski definition) is 0. The van der Waals surface area contributed by atoms with Crippen LogP contribution in [0.4, 0.5) is 0 Å². The highest BCUT2D eigenvalue weighted by Gasteiger charge is 2.23. The number of benzene rings is 1. The minimum Gasteiger partial charge on any atom is -0.467 e. The Morgan fingerprint density at radius 2 is 1.91 bits per heavy atom. The second-order valence-electron chi connectivity index (χ2n) is 5.34. The summed E-state index contributed by atoms with van der Waals surface area (Å²) in [6.45, 7) is 2.10. The van der Waals surface area contributed by atoms with Gasteiger partial charge < -0.3 is 19.1 Å². The predicted molar refractivity (Wildman–Crippen MR) is 83.9 cm³/mol. The molecule has 0 spiro atoms. The van der Waals surface area contributed by atoms with Crippen molar-refractivity contribution in [2.24, 2.45) is 0 Å². The quantitative estimate of drug-likeness (QED) is 0.702. The largest absolute Gasteiger partial charge is 0.467 e. The number of nitrogens with zero attached hydrogens (tertiary/aromatic N) is 1. The van der Waals surface area contributed by atoms with Crippen molar-refractivity contribution in [1.82, 2.24) is 4.90 Å². The number of aryl methyl sites for hydroxylation is 1. The Morgan fingerprint density at radius 3 is 2.57 bits per heavy atom. The lowest BCUT2D eigenvalue weighted by Crippen LogP contribution is -2.43. The van der Waals surface area contributed by atoms with Crippen molar-refractivity contribution < 1.29 is 23.8 Å². The lowest BCUT2D eigenvalue weighted by Gasteiger charge is -2.27. The summed E-state index contributed by atoms with van der Waals surface area (Å²) in [7, 11) is 1.32. The molecule has 1 amide bonds. The lowest BCUT2D eigenvalue weighted by molar-refractivity contribution is -0.158. The molecule has 2 rings (SSSR count). The van der Waals surface area contributed by atoms with Crippen LogP contribution in [0.3, 0.4) is 0 Å². The molecule has 1 saturated heterocycles. The Bertz CT molecular complexity index is 499. The molecule has 1 heterocycles. The van der Waals surface area contributed by atoms with E-state index in [1.54, 1.807) is 4.90 Å². The molecular weight excluding hydrogens is 298 g/mol. The molecule has 1 fully saturated rings. The van der Waals surface area contributed by atoms with Gasteiger partial charge in [-0.3, -0.25) is 4.79 Å². The molecule has 6 heteroatoms. The average Bonchev–Trinajstić information content (AvgIpc) is 2.62. The molecular formula is C17H23NO5. The minimum atomic E-state index is -0.731. The maximum atomic E-state index is 12.1. The Balaban J connectivity index is 1.83. The number of morpholine rings is 1. The molecule has 1 atom stereocenters. The van der Waals surface area contributed by atoms with Crippen molar-refractivity contribution in [3.63, 3.8) is 0 Å². The highest BCUT2D eigenvalue weighted by molar-refractivity contribution is 5.79. The first-order valence-corrected chi connectivity index (χ1v) is 7.79. The summed E-state index contributed by atoms with van der Waals surface area (Å²) in [5.74, 6) is -0.572. The van der Waals surface area contributed by atoms with Gasteiger partial charge in [-0.1, -0.05) is 30.3 Å². The molecule has 1 aromatic rings. The van der Waals surface area contributed by atoms with Gasteiger partial charge in [-0.05, 0) is 18.4 Å². The van der Waals surface area contributed by atoms with Crippen LogP contribution in [0.1, 0.15) is 12.0 Å². The summed E-state index contributed by atoms with van der Waals surface area (Å²) in [4.78, 5) is 25.6. The number of rotatable bonds is 7. The third kappa shape index (κ3) is 5.65. The van der Waals surface area contributed by atoms with Gasteiger partial charge in [0.15, 0.2) is 6.10 Å². The summed E-state index contributed by atoms with van der Waals surface area (Å²) < 4.78 is 15.5. The third-order valence-electron chi connectivity index (χ3n) is 3.77. The van der Waals surface area contributed by atoms with E-state index in [9.17, 15) is 9.59 Å². The second kappa shape index (κ2) is 9.27. The number of esters is 1. The first-order valence-electron chi connectivity index (χ1n) is 7.79. The molecule has 1 aromatic carbocycles. The molecule has 0 aromatic heterocycles. The molecule has 0 aliphatic carbocycles. The number of amides is 1. The first kappa shape index (κ1) is 17.4. The molecule has 0 bridgehead atoms. The van der Waals surface area contributed by atoms with Gasteiger partial charge in [0, 0.05) is 13.1 Å². The summed E-state index contributed by atoms with van der Waals surface area (Å²) in [6, 6.07) is 9.83. The minimum absolute atomic E-state index is 0.117. The van der Waals surface area contributed by atoms with Crippen LogP contribution in [0.2, 0.25) is 0 Å². The summed E-state index contributed by atoms with van der Waals surface area (Å²) in [5, 5.41) is 0. The average molecular weight is 321 g/mol. The fourth-order valence-electron chi connectivity index (χ4n) is 2.42. The Hall–Kier alpha value is -1.92. The Morgan fingerprint density at radius 1 is 1.22 bits per heavy atom. The van der Waals surface area contributed by atoms with Crippen LogP contribution < -0.4 is 0 Å². The SMILES string of the molecule is COC(=O)[C@H](CCc1ccccc1)OCC(=O)N1CCOCC1. The molecule has 0 saturated carbocycles. The fraction of sp³-hybridized carbons (Fsp3) is 0.529. The first-order chi connectivity index (χ1) is 11.2. The highest BCUT2D eigenvalue weighted by Crippen LogP contribution is 2.10. The van der Waals surface area contributed by atoms with E-state index < -0.39 is 12.1 Å². The standard InChI is InChI=1S/C17H23NO5/c1-21-17(20)15(8-7-14-5-3-2-4-6-14)23-13-16(19)18-9-11-22-12-10-18/h2-6,15H,7-13H2,1H3/t15-/m0/s1. The molecule has 6 nitrogen and oxygen atoms in total. The Kier molecular flexibility index (Phi) is 7.03. The van der Waals surface area contributed by atoms with Gasteiger partial charge in [-0.25, -0.2) is 4.79 Å². The smallest absolute Gasteiger partial charge is 0.335 e. The van der Waals surface area contributed by atoms with E-state index in [1.807, 2.05) is 30.3 Å². The van der Waals surface area contributed by atoms with Crippen molar-refractivity contribution in [1.29, 1.82) is 0 Å². The summed E-state index contributed by atoms with van der Waals surface area (Å²) in [6.07, 6.45) is 0.435. The van der Waals surface area contributed by atoms with Crippen molar-refractivity contribution in [3.05, 3.63) is 35.9 Å². The second-order valence-corrected chi connectivity index (χ2v) is 5.34. The van der Waals surface area contributed by atoms with Crippen LogP contribution in [0, 0.1) is 0 Å². The lowest BCUT2D eigenvalue weighted by atomic mass is 10.1. The predicted octanol–water partition coefficient (Wildman–Crippen LogP) is 1.04. The van der Waals surface area contributed by atoms with E-state index in [0.29, 0.717) is 39.1 Å². The van der Waals surface area contributed by atoms with Crippen molar-refractivity contribution >= 4 is 11.9 Å². The maximum absolute atomic E-state index is 12.1. The number of methoxy groups -OCH3 is 1. The topological polar surface area (TPSA) is 65.1 Å². The zero-order chi connectivity index (χ0) is 16.5. The van der Waals surface area contributed by atoms with Crippen molar-refractivity contribution in [2.75, 3.05) is 40.0 Å². The normalized spacial score (nSPS) is 16.0. The van der Waals surface area contributed by atoms with Crippen LogP contribution in [-0.2, 0) is 30.2 Å². The Labute approximate surface area is 136 Å². The number of carbonyl (C=O) groups excluding carboxylic acids is 2. The van der Waals surface area contributed by atoms with E-state index in [0.717, 1.165) is 5.56 Å². The number of ether oxygens (including phenoxy) is 3. The van der Waals surface area contributed by atoms with Gasteiger partial charge in [0.05, 0.1) is 20.3 Å². The van der Waals surface area contributed by atoms with Crippen molar-refractivity contribution in [2.45, 2.75) is 18.9 Å². The fourth-order valence-corrected chi connectivity index (χ4v) is 2.42. The number of carbonyl (C=O) groups is 2. The van der Waals surface area contributed by atoms with Crippen LogP contribution in [0.15, 0.2) is 30.3 Å². The molecule has 1 aliphatic heterocycles. The van der Waals surface area contributed by atoms with Gasteiger partial charge in [-0.15, -0.1) is 0 Å². The number of hydrogen-bond acceptors (Lipinski definition) is 5. The van der Waals surface area contributed by atoms with E-state index in [2.05, 4.69) is 0 Å². The third-order valence-corrected chi connectivity index (χ3v) is 3.77.